The van der Waals surface area contributed by atoms with E-state index in [9.17, 15) is 14.4 Å². The second-order valence-electron chi connectivity index (χ2n) is 8.26. The molecule has 0 saturated carbocycles. The minimum Gasteiger partial charge on any atom is -0.369 e. The van der Waals surface area contributed by atoms with Crippen LogP contribution in [0.3, 0.4) is 0 Å². The topological polar surface area (TPSA) is 101 Å². The smallest absolute Gasteiger partial charge is 0.256 e. The van der Waals surface area contributed by atoms with Gasteiger partial charge in [0, 0.05) is 11.3 Å². The van der Waals surface area contributed by atoms with E-state index in [0.29, 0.717) is 16.8 Å². The highest BCUT2D eigenvalue weighted by Crippen LogP contribution is 2.45. The van der Waals surface area contributed by atoms with Gasteiger partial charge in [0.25, 0.3) is 5.91 Å². The second-order valence-corrected chi connectivity index (χ2v) is 8.26. The summed E-state index contributed by atoms with van der Waals surface area (Å²) in [7, 11) is 0. The highest BCUT2D eigenvalue weighted by molar-refractivity contribution is 6.11. The average Bonchev–Trinajstić information content (AvgIpc) is 3.03. The Labute approximate surface area is 186 Å². The Morgan fingerprint density at radius 3 is 2.16 bits per heavy atom. The van der Waals surface area contributed by atoms with Gasteiger partial charge in [-0.15, -0.1) is 0 Å². The average molecular weight is 428 g/mol. The van der Waals surface area contributed by atoms with Crippen LogP contribution in [0.2, 0.25) is 0 Å². The zero-order chi connectivity index (χ0) is 22.9. The second kappa shape index (κ2) is 8.30. The molecule has 1 unspecified atom stereocenters. The summed E-state index contributed by atoms with van der Waals surface area (Å²) in [5.41, 5.74) is 8.74. The fourth-order valence-corrected chi connectivity index (χ4v) is 4.30. The molecule has 3 aromatic rings. The van der Waals surface area contributed by atoms with Gasteiger partial charge in [0.1, 0.15) is 0 Å². The van der Waals surface area contributed by atoms with E-state index >= 15 is 0 Å². The molecule has 0 aromatic heterocycles. The van der Waals surface area contributed by atoms with Crippen molar-refractivity contribution in [3.05, 3.63) is 101 Å². The quantitative estimate of drug-likeness (QED) is 0.563. The van der Waals surface area contributed by atoms with Gasteiger partial charge >= 0.3 is 0 Å². The number of nitrogens with one attached hydrogen (secondary N) is 2. The lowest BCUT2D eigenvalue weighted by atomic mass is 9.74. The van der Waals surface area contributed by atoms with Crippen molar-refractivity contribution in [2.24, 2.45) is 5.73 Å². The van der Waals surface area contributed by atoms with Crippen LogP contribution in [0, 0.1) is 13.8 Å². The Bertz CT molecular complexity index is 1190. The van der Waals surface area contributed by atoms with Gasteiger partial charge in [0.15, 0.2) is 5.54 Å². The zero-order valence-corrected chi connectivity index (χ0v) is 18.0. The molecule has 4 N–H and O–H groups in total. The fraction of sp³-hybridized carbons (Fsp3) is 0.192. The van der Waals surface area contributed by atoms with Gasteiger partial charge in [-0.3, -0.25) is 14.4 Å². The maximum atomic E-state index is 13.4. The number of nitrogens with two attached hydrogens (primary N) is 1. The van der Waals surface area contributed by atoms with Gasteiger partial charge in [-0.1, -0.05) is 77.9 Å². The predicted octanol–water partition coefficient (Wildman–Crippen LogP) is 3.08. The lowest BCUT2D eigenvalue weighted by Gasteiger charge is -2.35. The standard InChI is InChI=1S/C26H25N3O3/c1-16-7-11-18(12-8-16)15-22(30)29-26(20-5-3-4-6-21(20)28-25(26)32)23(24(27)31)19-13-9-17(2)10-14-19/h3-14,23H,15H2,1-2H3,(H2,27,31)(H,28,32)(H,29,30)/t23?,26-/m1/s1. The number of primary amides is 1. The molecule has 3 aromatic carbocycles. The van der Waals surface area contributed by atoms with E-state index in [4.69, 9.17) is 5.73 Å². The van der Waals surface area contributed by atoms with Crippen molar-refractivity contribution in [1.29, 1.82) is 0 Å². The summed E-state index contributed by atoms with van der Waals surface area (Å²) in [6.45, 7) is 3.90. The first-order valence-corrected chi connectivity index (χ1v) is 10.4. The minimum atomic E-state index is -1.65. The van der Waals surface area contributed by atoms with Crippen molar-refractivity contribution in [2.45, 2.75) is 31.7 Å². The maximum Gasteiger partial charge on any atom is 0.256 e. The Morgan fingerprint density at radius 1 is 0.938 bits per heavy atom. The van der Waals surface area contributed by atoms with E-state index in [2.05, 4.69) is 10.6 Å². The number of hydrogen-bond acceptors (Lipinski definition) is 3. The van der Waals surface area contributed by atoms with Gasteiger partial charge in [-0.2, -0.15) is 0 Å². The molecule has 0 aliphatic carbocycles. The molecule has 162 valence electrons. The predicted molar refractivity (Wildman–Crippen MR) is 123 cm³/mol. The molecule has 0 radical (unpaired) electrons. The first-order valence-electron chi connectivity index (χ1n) is 10.4. The number of benzene rings is 3. The number of para-hydroxylation sites is 1. The monoisotopic (exact) mass is 427 g/mol. The fourth-order valence-electron chi connectivity index (χ4n) is 4.30. The van der Waals surface area contributed by atoms with E-state index in [-0.39, 0.29) is 12.3 Å². The summed E-state index contributed by atoms with van der Waals surface area (Å²) < 4.78 is 0. The number of carbonyl (C=O) groups is 3. The van der Waals surface area contributed by atoms with E-state index in [1.54, 1.807) is 36.4 Å². The Balaban J connectivity index is 1.81. The third-order valence-electron chi connectivity index (χ3n) is 5.91. The summed E-state index contributed by atoms with van der Waals surface area (Å²) in [4.78, 5) is 39.4. The molecule has 2 atom stereocenters. The molecule has 6 nitrogen and oxygen atoms in total. The van der Waals surface area contributed by atoms with Crippen molar-refractivity contribution >= 4 is 23.4 Å². The van der Waals surface area contributed by atoms with Gasteiger partial charge in [0.2, 0.25) is 11.8 Å². The van der Waals surface area contributed by atoms with Crippen LogP contribution in [0.15, 0.2) is 72.8 Å². The SMILES string of the molecule is Cc1ccc(CC(=O)N[C@]2(C(C(N)=O)c3ccc(C)cc3)C(=O)Nc3ccccc32)cc1. The van der Waals surface area contributed by atoms with Gasteiger partial charge in [-0.25, -0.2) is 0 Å². The Kier molecular flexibility index (Phi) is 5.53. The minimum absolute atomic E-state index is 0.0663. The number of amides is 3. The number of anilines is 1. The third-order valence-corrected chi connectivity index (χ3v) is 5.91. The van der Waals surface area contributed by atoms with E-state index in [1.165, 1.54) is 0 Å². The van der Waals surface area contributed by atoms with Crippen LogP contribution in [0.1, 0.15) is 33.7 Å². The van der Waals surface area contributed by atoms with Crippen molar-refractivity contribution < 1.29 is 14.4 Å². The molecule has 3 amide bonds. The number of rotatable bonds is 6. The number of carbonyl (C=O) groups excluding carboxylic acids is 3. The van der Waals surface area contributed by atoms with E-state index < -0.39 is 23.3 Å². The lowest BCUT2D eigenvalue weighted by Crippen LogP contribution is -2.58. The van der Waals surface area contributed by atoms with Crippen LogP contribution < -0.4 is 16.4 Å². The first-order chi connectivity index (χ1) is 15.3. The van der Waals surface area contributed by atoms with E-state index in [1.807, 2.05) is 50.2 Å². The Morgan fingerprint density at radius 2 is 1.53 bits per heavy atom. The molecule has 32 heavy (non-hydrogen) atoms. The molecule has 6 heteroatoms. The lowest BCUT2D eigenvalue weighted by molar-refractivity contribution is -0.134. The highest BCUT2D eigenvalue weighted by Gasteiger charge is 2.56. The van der Waals surface area contributed by atoms with Crippen molar-refractivity contribution in [3.63, 3.8) is 0 Å². The summed E-state index contributed by atoms with van der Waals surface area (Å²) >= 11 is 0. The molecule has 1 aliphatic heterocycles. The highest BCUT2D eigenvalue weighted by atomic mass is 16.2. The van der Waals surface area contributed by atoms with E-state index in [0.717, 1.165) is 16.7 Å². The molecular weight excluding hydrogens is 402 g/mol. The summed E-state index contributed by atoms with van der Waals surface area (Å²) in [5.74, 6) is -2.65. The molecule has 0 saturated heterocycles. The third kappa shape index (κ3) is 3.75. The largest absolute Gasteiger partial charge is 0.369 e. The maximum absolute atomic E-state index is 13.4. The molecule has 0 bridgehead atoms. The molecule has 1 heterocycles. The zero-order valence-electron chi connectivity index (χ0n) is 18.0. The number of hydrogen-bond donors (Lipinski definition) is 3. The number of fused-ring (bicyclic) bond motifs is 1. The summed E-state index contributed by atoms with van der Waals surface area (Å²) in [5, 5.41) is 5.72. The van der Waals surface area contributed by atoms with Crippen LogP contribution in [0.4, 0.5) is 5.69 Å². The molecule has 4 rings (SSSR count). The van der Waals surface area contributed by atoms with Crippen LogP contribution >= 0.6 is 0 Å². The molecule has 0 fully saturated rings. The number of aryl methyl sites for hydroxylation is 2. The normalized spacial score (nSPS) is 17.9. The van der Waals surface area contributed by atoms with Crippen LogP contribution in [-0.4, -0.2) is 17.7 Å². The van der Waals surface area contributed by atoms with Gasteiger partial charge in [-0.05, 0) is 31.0 Å². The van der Waals surface area contributed by atoms with Crippen LogP contribution in [0.5, 0.6) is 0 Å². The van der Waals surface area contributed by atoms with Gasteiger partial charge in [0.05, 0.1) is 12.3 Å². The van der Waals surface area contributed by atoms with Gasteiger partial charge < -0.3 is 16.4 Å². The molecule has 0 spiro atoms. The van der Waals surface area contributed by atoms with Crippen molar-refractivity contribution in [1.82, 2.24) is 5.32 Å². The van der Waals surface area contributed by atoms with Crippen molar-refractivity contribution in [2.75, 3.05) is 5.32 Å². The summed E-state index contributed by atoms with van der Waals surface area (Å²) in [6.07, 6.45) is 0.0663. The first kappa shape index (κ1) is 21.3. The van der Waals surface area contributed by atoms with Crippen LogP contribution in [-0.2, 0) is 26.3 Å². The molecule has 1 aliphatic rings. The molecular formula is C26H25N3O3. The van der Waals surface area contributed by atoms with Crippen LogP contribution in [0.25, 0.3) is 0 Å². The summed E-state index contributed by atoms with van der Waals surface area (Å²) in [6, 6.07) is 21.9. The van der Waals surface area contributed by atoms with Crippen molar-refractivity contribution in [3.8, 4) is 0 Å². The Hall–Kier alpha value is -3.93.